The molecule has 0 atom stereocenters. The Bertz CT molecular complexity index is 774. The van der Waals surface area contributed by atoms with Gasteiger partial charge in [-0.3, -0.25) is 14.4 Å². The lowest BCUT2D eigenvalue weighted by molar-refractivity contribution is -0.116. The van der Waals surface area contributed by atoms with E-state index >= 15 is 0 Å². The second-order valence-corrected chi connectivity index (χ2v) is 6.92. The number of ether oxygens (including phenoxy) is 3. The minimum atomic E-state index is -0.178. The van der Waals surface area contributed by atoms with Gasteiger partial charge in [0.25, 0.3) is 0 Å². The first kappa shape index (κ1) is 28.1. The normalized spacial score (nSPS) is 10.4. The Morgan fingerprint density at radius 2 is 1.36 bits per heavy atom. The van der Waals surface area contributed by atoms with Crippen LogP contribution in [-0.4, -0.2) is 63.8 Å². The molecule has 0 radical (unpaired) electrons. The summed E-state index contributed by atoms with van der Waals surface area (Å²) in [6.45, 7) is 6.17. The van der Waals surface area contributed by atoms with Crippen molar-refractivity contribution in [3.05, 3.63) is 34.2 Å². The van der Waals surface area contributed by atoms with Crippen LogP contribution in [0.3, 0.4) is 0 Å². The summed E-state index contributed by atoms with van der Waals surface area (Å²) in [4.78, 5) is 38.7. The molecule has 1 rings (SSSR count). The first-order chi connectivity index (χ1) is 16.0. The van der Waals surface area contributed by atoms with Crippen molar-refractivity contribution in [1.29, 1.82) is 0 Å². The van der Waals surface area contributed by atoms with E-state index in [4.69, 9.17) is 19.7 Å². The van der Waals surface area contributed by atoms with Crippen LogP contribution in [0, 0.1) is 0 Å². The number of carbonyl (C=O) groups excluding carboxylic acids is 3. The van der Waals surface area contributed by atoms with Crippen molar-refractivity contribution in [2.45, 2.75) is 39.5 Å². The predicted molar refractivity (Wildman–Crippen MR) is 124 cm³/mol. The van der Waals surface area contributed by atoms with Gasteiger partial charge in [-0.25, -0.2) is 0 Å². The van der Waals surface area contributed by atoms with Gasteiger partial charge in [-0.2, -0.15) is 0 Å². The van der Waals surface area contributed by atoms with Crippen molar-refractivity contribution in [3.63, 3.8) is 0 Å². The average molecular weight is 464 g/mol. The van der Waals surface area contributed by atoms with Crippen LogP contribution in [0.15, 0.2) is 23.3 Å². The Balaban J connectivity index is 2.36. The molecule has 0 aliphatic heterocycles. The largest absolute Gasteiger partial charge is 0.379 e. The first-order valence-corrected chi connectivity index (χ1v) is 11.0. The van der Waals surface area contributed by atoms with Crippen molar-refractivity contribution in [3.8, 4) is 0 Å². The van der Waals surface area contributed by atoms with Gasteiger partial charge in [-0.1, -0.05) is 19.0 Å². The molecule has 11 heteroatoms. The summed E-state index contributed by atoms with van der Waals surface area (Å²) >= 11 is 0. The smallest absolute Gasteiger partial charge is 0.224 e. The van der Waals surface area contributed by atoms with E-state index in [2.05, 4.69) is 20.7 Å². The lowest BCUT2D eigenvalue weighted by Gasteiger charge is -2.11. The van der Waals surface area contributed by atoms with Gasteiger partial charge in [0.1, 0.15) is 0 Å². The van der Waals surface area contributed by atoms with Gasteiger partial charge < -0.3 is 24.8 Å². The number of Topliss-reactive ketones (excluding diaryl/α,β-unsaturated/α-hetero) is 1. The van der Waals surface area contributed by atoms with Gasteiger partial charge in [0, 0.05) is 54.3 Å². The number of carbonyl (C=O) groups is 3. The average Bonchev–Trinajstić information content (AvgIpc) is 2.81. The van der Waals surface area contributed by atoms with E-state index in [9.17, 15) is 14.4 Å². The van der Waals surface area contributed by atoms with Crippen molar-refractivity contribution < 1.29 is 28.6 Å². The monoisotopic (exact) mass is 463 g/mol. The molecule has 0 spiro atoms. The third kappa shape index (κ3) is 13.2. The fourth-order valence-corrected chi connectivity index (χ4v) is 2.60. The third-order valence-corrected chi connectivity index (χ3v) is 4.30. The second-order valence-electron chi connectivity index (χ2n) is 6.92. The van der Waals surface area contributed by atoms with Crippen molar-refractivity contribution in [2.24, 2.45) is 5.11 Å². The zero-order valence-electron chi connectivity index (χ0n) is 19.3. The lowest BCUT2D eigenvalue weighted by atomic mass is 10.0. The number of hydrogen-bond donors (Lipinski definition) is 2. The predicted octanol–water partition coefficient (Wildman–Crippen LogP) is 3.71. The van der Waals surface area contributed by atoms with E-state index in [1.807, 2.05) is 0 Å². The summed E-state index contributed by atoms with van der Waals surface area (Å²) < 4.78 is 16.0. The van der Waals surface area contributed by atoms with Crippen molar-refractivity contribution in [2.75, 3.05) is 56.8 Å². The standard InChI is InChI=1S/C22H33N5O6/c1-3-21(29)25-18-14-17(15-19(16-18)26-22(30)4-2)20(28)6-5-8-31-10-12-33-13-11-32-9-7-24-27-23/h14-16H,3-13H2,1-2H3,(H,25,29)(H,26,30). The number of nitrogens with zero attached hydrogens (tertiary/aromatic N) is 3. The van der Waals surface area contributed by atoms with E-state index < -0.39 is 0 Å². The van der Waals surface area contributed by atoms with Crippen LogP contribution in [0.4, 0.5) is 11.4 Å². The van der Waals surface area contributed by atoms with Crippen LogP contribution in [0.2, 0.25) is 0 Å². The first-order valence-electron chi connectivity index (χ1n) is 11.0. The van der Waals surface area contributed by atoms with E-state index in [-0.39, 0.29) is 24.0 Å². The summed E-state index contributed by atoms with van der Waals surface area (Å²) in [6, 6.07) is 4.86. The highest BCUT2D eigenvalue weighted by atomic mass is 16.5. The number of ketones is 1. The third-order valence-electron chi connectivity index (χ3n) is 4.30. The molecule has 0 heterocycles. The number of hydrogen-bond acceptors (Lipinski definition) is 7. The molecule has 11 nitrogen and oxygen atoms in total. The Morgan fingerprint density at radius 1 is 0.848 bits per heavy atom. The molecule has 0 fully saturated rings. The van der Waals surface area contributed by atoms with Gasteiger partial charge >= 0.3 is 0 Å². The zero-order chi connectivity index (χ0) is 24.3. The van der Waals surface area contributed by atoms with Crippen LogP contribution < -0.4 is 10.6 Å². The highest BCUT2D eigenvalue weighted by Gasteiger charge is 2.11. The topological polar surface area (TPSA) is 152 Å². The van der Waals surface area contributed by atoms with Gasteiger partial charge in [0.05, 0.1) is 33.0 Å². The Kier molecular flexibility index (Phi) is 14.9. The molecule has 0 aliphatic carbocycles. The molecule has 1 aromatic carbocycles. The van der Waals surface area contributed by atoms with Gasteiger partial charge in [0.2, 0.25) is 11.8 Å². The summed E-state index contributed by atoms with van der Waals surface area (Å²) in [7, 11) is 0. The van der Waals surface area contributed by atoms with E-state index in [1.165, 1.54) is 0 Å². The van der Waals surface area contributed by atoms with Crippen molar-refractivity contribution >= 4 is 29.0 Å². The lowest BCUT2D eigenvalue weighted by Crippen LogP contribution is -2.14. The van der Waals surface area contributed by atoms with E-state index in [0.29, 0.717) is 82.4 Å². The van der Waals surface area contributed by atoms with E-state index in [1.54, 1.807) is 32.0 Å². The zero-order valence-corrected chi connectivity index (χ0v) is 19.3. The fourth-order valence-electron chi connectivity index (χ4n) is 2.60. The van der Waals surface area contributed by atoms with Gasteiger partial charge in [-0.05, 0) is 30.2 Å². The molecule has 0 bridgehead atoms. The second kappa shape index (κ2) is 17.6. The van der Waals surface area contributed by atoms with Crippen LogP contribution in [0.1, 0.15) is 49.9 Å². The molecule has 0 unspecified atom stereocenters. The number of nitrogens with one attached hydrogen (secondary N) is 2. The maximum absolute atomic E-state index is 12.6. The molecule has 182 valence electrons. The SMILES string of the molecule is CCC(=O)Nc1cc(NC(=O)CC)cc(C(=O)CCCOCCOCCOCCN=[N+]=[N-])c1. The molecular weight excluding hydrogens is 430 g/mol. The molecule has 33 heavy (non-hydrogen) atoms. The Hall–Kier alpha value is -2.98. The number of benzene rings is 1. The summed E-state index contributed by atoms with van der Waals surface area (Å²) in [5.74, 6) is -0.460. The summed E-state index contributed by atoms with van der Waals surface area (Å²) in [6.07, 6.45) is 1.41. The molecule has 0 saturated heterocycles. The highest BCUT2D eigenvalue weighted by molar-refractivity contribution is 6.01. The number of amides is 2. The molecule has 1 aromatic rings. The highest BCUT2D eigenvalue weighted by Crippen LogP contribution is 2.21. The molecule has 0 aliphatic rings. The summed E-state index contributed by atoms with van der Waals surface area (Å²) in [5.41, 5.74) is 9.48. The quantitative estimate of drug-likeness (QED) is 0.111. The maximum Gasteiger partial charge on any atom is 0.224 e. The number of rotatable bonds is 18. The summed E-state index contributed by atoms with van der Waals surface area (Å²) in [5, 5.41) is 8.81. The molecule has 2 amide bonds. The van der Waals surface area contributed by atoms with Crippen molar-refractivity contribution in [1.82, 2.24) is 0 Å². The maximum atomic E-state index is 12.6. The molecule has 0 saturated carbocycles. The Labute approximate surface area is 193 Å². The number of anilines is 2. The van der Waals surface area contributed by atoms with Crippen LogP contribution in [0.25, 0.3) is 10.4 Å². The molecule has 2 N–H and O–H groups in total. The number of azide groups is 1. The van der Waals surface area contributed by atoms with Crippen LogP contribution in [-0.2, 0) is 23.8 Å². The van der Waals surface area contributed by atoms with Crippen LogP contribution >= 0.6 is 0 Å². The Morgan fingerprint density at radius 3 is 1.88 bits per heavy atom. The van der Waals surface area contributed by atoms with Gasteiger partial charge in [0.15, 0.2) is 5.78 Å². The molecule has 0 aromatic heterocycles. The van der Waals surface area contributed by atoms with Crippen LogP contribution in [0.5, 0.6) is 0 Å². The minimum absolute atomic E-state index is 0.104. The minimum Gasteiger partial charge on any atom is -0.379 e. The molecular formula is C22H33N5O6. The van der Waals surface area contributed by atoms with Gasteiger partial charge in [-0.15, -0.1) is 0 Å². The fraction of sp³-hybridized carbons (Fsp3) is 0.591. The van der Waals surface area contributed by atoms with E-state index in [0.717, 1.165) is 0 Å².